The minimum atomic E-state index is -4.26. The van der Waals surface area contributed by atoms with Crippen LogP contribution in [-0.4, -0.2) is 78.4 Å². The molecule has 2 aliphatic heterocycles. The smallest absolute Gasteiger partial charge is 0.378 e. The van der Waals surface area contributed by atoms with Gasteiger partial charge in [0.05, 0.1) is 18.9 Å². The van der Waals surface area contributed by atoms with Gasteiger partial charge in [0.2, 0.25) is 11.9 Å². The summed E-state index contributed by atoms with van der Waals surface area (Å²) < 4.78 is 71.4. The van der Waals surface area contributed by atoms with Crippen LogP contribution in [0.2, 0.25) is 0 Å². The van der Waals surface area contributed by atoms with Crippen molar-refractivity contribution in [3.63, 3.8) is 0 Å². The van der Waals surface area contributed by atoms with Crippen LogP contribution in [0, 0.1) is 12.8 Å². The molecule has 2 saturated heterocycles. The first-order valence-electron chi connectivity index (χ1n) is 13.5. The largest absolute Gasteiger partial charge is 0.389 e. The average Bonchev–Trinajstić information content (AvgIpc) is 3.49. The molecule has 2 N–H and O–H groups in total. The molecule has 8 nitrogen and oxygen atoms in total. The fourth-order valence-corrected chi connectivity index (χ4v) is 5.52. The van der Waals surface area contributed by atoms with Crippen molar-refractivity contribution in [1.82, 2.24) is 14.9 Å². The number of urea groups is 1. The van der Waals surface area contributed by atoms with E-state index < -0.39 is 36.5 Å². The van der Waals surface area contributed by atoms with E-state index in [9.17, 15) is 26.7 Å². The summed E-state index contributed by atoms with van der Waals surface area (Å²) in [7, 11) is 0. The van der Waals surface area contributed by atoms with Crippen molar-refractivity contribution in [2.75, 3.05) is 54.9 Å². The Kier molecular flexibility index (Phi) is 8.03. The van der Waals surface area contributed by atoms with Crippen LogP contribution in [0.5, 0.6) is 0 Å². The van der Waals surface area contributed by atoms with E-state index in [4.69, 9.17) is 9.72 Å². The average molecular weight is 569 g/mol. The fourth-order valence-electron chi connectivity index (χ4n) is 5.52. The molecule has 1 aromatic carbocycles. The number of nitrogens with one attached hydrogen (secondary N) is 2. The van der Waals surface area contributed by atoms with Crippen molar-refractivity contribution in [2.45, 2.75) is 57.2 Å². The summed E-state index contributed by atoms with van der Waals surface area (Å²) in [6.45, 7) is 4.42. The molecule has 3 fully saturated rings. The highest BCUT2D eigenvalue weighted by molar-refractivity contribution is 5.90. The van der Waals surface area contributed by atoms with Gasteiger partial charge in [-0.05, 0) is 43.4 Å². The Morgan fingerprint density at radius 3 is 2.60 bits per heavy atom. The van der Waals surface area contributed by atoms with Crippen LogP contribution in [0.1, 0.15) is 37.7 Å². The van der Waals surface area contributed by atoms with Gasteiger partial charge < -0.3 is 25.2 Å². The zero-order chi connectivity index (χ0) is 28.5. The van der Waals surface area contributed by atoms with E-state index in [1.165, 1.54) is 4.90 Å². The molecule has 0 spiro atoms. The number of aromatic nitrogens is 2. The van der Waals surface area contributed by atoms with Gasteiger partial charge in [-0.25, -0.2) is 18.6 Å². The molecule has 13 heteroatoms. The summed E-state index contributed by atoms with van der Waals surface area (Å²) in [5.41, 5.74) is 2.62. The number of hydrogen-bond acceptors (Lipinski definition) is 6. The van der Waals surface area contributed by atoms with Crippen molar-refractivity contribution >= 4 is 23.5 Å². The predicted octanol–water partition coefficient (Wildman–Crippen LogP) is 5.69. The molecule has 40 heavy (non-hydrogen) atoms. The number of alkyl halides is 5. The number of carbonyl (C=O) groups is 1. The minimum Gasteiger partial charge on any atom is -0.378 e. The first-order chi connectivity index (χ1) is 18.9. The lowest BCUT2D eigenvalue weighted by atomic mass is 10.0. The SMILES string of the molecule is Cc1ccc(NC(=O)N2CCC(CC(F)(F)F)C2)cc1-c1cc(N[C@@H]2CCC(F)(F)C2)nc(N2CCOCC2)n1. The number of aryl methyl sites for hydroxylation is 1. The van der Waals surface area contributed by atoms with Gasteiger partial charge in [-0.1, -0.05) is 6.07 Å². The van der Waals surface area contributed by atoms with Gasteiger partial charge in [0.25, 0.3) is 0 Å². The minimum absolute atomic E-state index is 0.0497. The first-order valence-corrected chi connectivity index (χ1v) is 13.5. The summed E-state index contributed by atoms with van der Waals surface area (Å²) in [6, 6.07) is 6.16. The van der Waals surface area contributed by atoms with Gasteiger partial charge in [-0.3, -0.25) is 0 Å². The molecule has 2 amide bonds. The van der Waals surface area contributed by atoms with Gasteiger partial charge in [0.1, 0.15) is 5.82 Å². The molecule has 0 radical (unpaired) electrons. The third-order valence-electron chi connectivity index (χ3n) is 7.62. The number of anilines is 3. The van der Waals surface area contributed by atoms with Gasteiger partial charge in [0, 0.05) is 68.8 Å². The van der Waals surface area contributed by atoms with Crippen molar-refractivity contribution in [1.29, 1.82) is 0 Å². The van der Waals surface area contributed by atoms with Crippen LogP contribution < -0.4 is 15.5 Å². The van der Waals surface area contributed by atoms with E-state index in [1.807, 2.05) is 17.9 Å². The Labute approximate surface area is 229 Å². The Hall–Kier alpha value is -3.22. The van der Waals surface area contributed by atoms with Gasteiger partial charge >= 0.3 is 12.2 Å². The standard InChI is InChI=1S/C27H33F5N6O2/c1-17-2-3-19(34-25(39)38-7-5-18(16-38)14-27(30,31)32)12-21(17)22-13-23(33-20-4-6-26(28,29)15-20)36-24(35-22)37-8-10-40-11-9-37/h2-3,12-13,18,20H,4-11,14-16H2,1H3,(H,34,39)(H,33,35,36)/t18?,20-/m1/s1. The second kappa shape index (κ2) is 11.3. The summed E-state index contributed by atoms with van der Waals surface area (Å²) in [5.74, 6) is -2.42. The van der Waals surface area contributed by atoms with E-state index in [-0.39, 0.29) is 25.9 Å². The molecule has 1 unspecified atom stereocenters. The van der Waals surface area contributed by atoms with E-state index in [1.54, 1.807) is 18.2 Å². The van der Waals surface area contributed by atoms with Crippen LogP contribution in [0.3, 0.4) is 0 Å². The molecule has 1 saturated carbocycles. The lowest BCUT2D eigenvalue weighted by Crippen LogP contribution is -2.37. The molecule has 3 aliphatic rings. The molecular formula is C27H33F5N6O2. The molecule has 2 atom stereocenters. The van der Waals surface area contributed by atoms with Crippen LogP contribution in [0.4, 0.5) is 44.2 Å². The highest BCUT2D eigenvalue weighted by Gasteiger charge is 2.40. The number of morpholine rings is 1. The summed E-state index contributed by atoms with van der Waals surface area (Å²) in [4.78, 5) is 25.6. The van der Waals surface area contributed by atoms with Crippen LogP contribution in [0.25, 0.3) is 11.3 Å². The number of nitrogens with zero attached hydrogens (tertiary/aromatic N) is 4. The lowest BCUT2D eigenvalue weighted by molar-refractivity contribution is -0.143. The number of rotatable bonds is 6. The Morgan fingerprint density at radius 1 is 1.12 bits per heavy atom. The zero-order valence-corrected chi connectivity index (χ0v) is 22.2. The number of hydrogen-bond donors (Lipinski definition) is 2. The van der Waals surface area contributed by atoms with Gasteiger partial charge in [-0.15, -0.1) is 0 Å². The van der Waals surface area contributed by atoms with Crippen LogP contribution in [-0.2, 0) is 4.74 Å². The second-order valence-electron chi connectivity index (χ2n) is 10.9. The quantitative estimate of drug-likeness (QED) is 0.436. The van der Waals surface area contributed by atoms with E-state index in [2.05, 4.69) is 15.6 Å². The number of likely N-dealkylation sites (tertiary alicyclic amines) is 1. The topological polar surface area (TPSA) is 82.6 Å². The third-order valence-corrected chi connectivity index (χ3v) is 7.62. The normalized spacial score (nSPS) is 22.9. The molecule has 218 valence electrons. The first kappa shape index (κ1) is 28.3. The van der Waals surface area contributed by atoms with Gasteiger partial charge in [0.15, 0.2) is 0 Å². The number of amides is 2. The maximum absolute atomic E-state index is 13.8. The maximum Gasteiger partial charge on any atom is 0.389 e. The molecule has 0 bridgehead atoms. The molecule has 1 aromatic heterocycles. The number of benzene rings is 1. The fraction of sp³-hybridized carbons (Fsp3) is 0.593. The zero-order valence-electron chi connectivity index (χ0n) is 22.2. The third kappa shape index (κ3) is 7.10. The Balaban J connectivity index is 1.37. The Morgan fingerprint density at radius 2 is 1.90 bits per heavy atom. The van der Waals surface area contributed by atoms with E-state index in [0.29, 0.717) is 67.9 Å². The maximum atomic E-state index is 13.8. The summed E-state index contributed by atoms with van der Waals surface area (Å²) >= 11 is 0. The summed E-state index contributed by atoms with van der Waals surface area (Å²) in [6.07, 6.45) is -4.96. The monoisotopic (exact) mass is 568 g/mol. The van der Waals surface area contributed by atoms with Crippen molar-refractivity contribution in [2.24, 2.45) is 5.92 Å². The number of halogens is 5. The number of carbonyl (C=O) groups excluding carboxylic acids is 1. The van der Waals surface area contributed by atoms with E-state index >= 15 is 0 Å². The van der Waals surface area contributed by atoms with Crippen molar-refractivity contribution in [3.05, 3.63) is 29.8 Å². The number of ether oxygens (including phenoxy) is 1. The highest BCUT2D eigenvalue weighted by Crippen LogP contribution is 2.37. The molecule has 2 aromatic rings. The van der Waals surface area contributed by atoms with Crippen LogP contribution in [0.15, 0.2) is 24.3 Å². The summed E-state index contributed by atoms with van der Waals surface area (Å²) in [5, 5.41) is 5.97. The molecular weight excluding hydrogens is 535 g/mol. The highest BCUT2D eigenvalue weighted by atomic mass is 19.4. The molecule has 3 heterocycles. The van der Waals surface area contributed by atoms with E-state index in [0.717, 1.165) is 5.56 Å². The van der Waals surface area contributed by atoms with Crippen molar-refractivity contribution in [3.8, 4) is 11.3 Å². The molecule has 5 rings (SSSR count). The van der Waals surface area contributed by atoms with Crippen molar-refractivity contribution < 1.29 is 31.5 Å². The predicted molar refractivity (Wildman–Crippen MR) is 141 cm³/mol. The molecule has 1 aliphatic carbocycles. The van der Waals surface area contributed by atoms with Gasteiger partial charge in [-0.2, -0.15) is 18.2 Å². The van der Waals surface area contributed by atoms with Crippen LogP contribution >= 0.6 is 0 Å². The lowest BCUT2D eigenvalue weighted by Gasteiger charge is -2.28. The second-order valence-corrected chi connectivity index (χ2v) is 10.9. The Bertz CT molecular complexity index is 1220.